The van der Waals surface area contributed by atoms with Gasteiger partial charge in [-0.15, -0.1) is 11.3 Å². The first-order valence-corrected chi connectivity index (χ1v) is 10.6. The third-order valence-corrected chi connectivity index (χ3v) is 6.84. The minimum absolute atomic E-state index is 0.633. The Morgan fingerprint density at radius 2 is 2.12 bits per heavy atom. The fourth-order valence-corrected chi connectivity index (χ4v) is 5.18. The highest BCUT2D eigenvalue weighted by Crippen LogP contribution is 2.42. The van der Waals surface area contributed by atoms with Gasteiger partial charge in [0.15, 0.2) is 6.29 Å². The molecular formula is C18H12N4OS3. The van der Waals surface area contributed by atoms with Gasteiger partial charge >= 0.3 is 0 Å². The highest BCUT2D eigenvalue weighted by atomic mass is 33.1. The number of carbonyl (C=O) groups excluding carboxylic acids is 1. The monoisotopic (exact) mass is 396 g/mol. The van der Waals surface area contributed by atoms with Gasteiger partial charge in [-0.2, -0.15) is 5.26 Å². The third kappa shape index (κ3) is 3.70. The van der Waals surface area contributed by atoms with Crippen LogP contribution in [0.3, 0.4) is 0 Å². The Bertz CT molecular complexity index is 1020. The molecule has 0 saturated carbocycles. The van der Waals surface area contributed by atoms with Gasteiger partial charge in [0.1, 0.15) is 5.70 Å². The number of hydrogen-bond donors (Lipinski definition) is 0. The number of aldehydes is 1. The lowest BCUT2D eigenvalue weighted by Gasteiger charge is -2.23. The number of carbonyl (C=O) groups is 1. The summed E-state index contributed by atoms with van der Waals surface area (Å²) in [4.78, 5) is 15.1. The van der Waals surface area contributed by atoms with Crippen LogP contribution in [-0.2, 0) is 11.3 Å². The van der Waals surface area contributed by atoms with E-state index in [1.165, 1.54) is 16.5 Å². The quantitative estimate of drug-likeness (QED) is 0.325. The van der Waals surface area contributed by atoms with Crippen LogP contribution in [0.15, 0.2) is 59.9 Å². The number of thiazole rings is 1. The van der Waals surface area contributed by atoms with E-state index < -0.39 is 0 Å². The highest BCUT2D eigenvalue weighted by Gasteiger charge is 2.23. The molecule has 5 nitrogen and oxygen atoms in total. The molecule has 0 aliphatic carbocycles. The van der Waals surface area contributed by atoms with Crippen LogP contribution >= 0.6 is 33.3 Å². The number of nitrogens with zero attached hydrogens (tertiary/aromatic N) is 4. The molecule has 0 radical (unpaired) electrons. The van der Waals surface area contributed by atoms with E-state index in [0.29, 0.717) is 17.8 Å². The van der Waals surface area contributed by atoms with Crippen molar-refractivity contribution in [3.63, 3.8) is 0 Å². The molecule has 0 saturated heterocycles. The lowest BCUT2D eigenvalue weighted by atomic mass is 10.2. The molecule has 2 heterocycles. The Labute approximate surface area is 162 Å². The molecule has 0 N–H and O–H groups in total. The van der Waals surface area contributed by atoms with Crippen molar-refractivity contribution in [2.75, 3.05) is 4.31 Å². The Kier molecular flexibility index (Phi) is 4.84. The zero-order chi connectivity index (χ0) is 17.9. The van der Waals surface area contributed by atoms with Crippen molar-refractivity contribution in [2.45, 2.75) is 6.54 Å². The maximum Gasteiger partial charge on any atom is 0.168 e. The smallest absolute Gasteiger partial charge is 0.168 e. The second-order valence-electron chi connectivity index (χ2n) is 5.50. The predicted molar refractivity (Wildman–Crippen MR) is 108 cm³/mol. The number of aromatic nitrogens is 1. The molecule has 0 fully saturated rings. The molecule has 1 aliphatic heterocycles. The summed E-state index contributed by atoms with van der Waals surface area (Å²) < 4.78 is 5.14. The van der Waals surface area contributed by atoms with Crippen molar-refractivity contribution < 1.29 is 4.79 Å². The van der Waals surface area contributed by atoms with Crippen LogP contribution in [0.2, 0.25) is 0 Å². The molecule has 2 aromatic carbocycles. The number of benzene rings is 2. The number of anilines is 1. The van der Waals surface area contributed by atoms with E-state index in [-0.39, 0.29) is 0 Å². The summed E-state index contributed by atoms with van der Waals surface area (Å²) in [6.45, 7) is 0.696. The summed E-state index contributed by atoms with van der Waals surface area (Å²) in [5, 5.41) is 9.00. The van der Waals surface area contributed by atoms with Crippen molar-refractivity contribution in [3.8, 4) is 6.07 Å². The Morgan fingerprint density at radius 3 is 2.85 bits per heavy atom. The van der Waals surface area contributed by atoms with Gasteiger partial charge in [0.05, 0.1) is 33.9 Å². The third-order valence-electron chi connectivity index (χ3n) is 3.77. The van der Waals surface area contributed by atoms with Crippen LogP contribution in [0.25, 0.3) is 10.2 Å². The minimum atomic E-state index is 0.633. The van der Waals surface area contributed by atoms with Crippen LogP contribution < -0.4 is 4.31 Å². The van der Waals surface area contributed by atoms with Crippen molar-refractivity contribution in [1.82, 2.24) is 9.29 Å². The minimum Gasteiger partial charge on any atom is -0.301 e. The normalized spacial score (nSPS) is 12.6. The molecule has 0 unspecified atom stereocenters. The molecule has 26 heavy (non-hydrogen) atoms. The zero-order valence-electron chi connectivity index (χ0n) is 13.4. The molecule has 0 amide bonds. The van der Waals surface area contributed by atoms with Crippen LogP contribution in [0.5, 0.6) is 0 Å². The van der Waals surface area contributed by atoms with Gasteiger partial charge in [0.25, 0.3) is 0 Å². The fraction of sp³-hybridized carbons (Fsp3) is 0.0556. The summed E-state index contributed by atoms with van der Waals surface area (Å²) in [7, 11) is 3.04. The van der Waals surface area contributed by atoms with Crippen LogP contribution in [0.4, 0.5) is 5.69 Å². The summed E-state index contributed by atoms with van der Waals surface area (Å²) in [6.07, 6.45) is 2.64. The molecular weight excluding hydrogens is 384 g/mol. The van der Waals surface area contributed by atoms with E-state index in [9.17, 15) is 4.79 Å². The highest BCUT2D eigenvalue weighted by molar-refractivity contribution is 8.76. The van der Waals surface area contributed by atoms with E-state index >= 15 is 0 Å². The molecule has 128 valence electrons. The lowest BCUT2D eigenvalue weighted by molar-refractivity contribution is -0.104. The van der Waals surface area contributed by atoms with E-state index in [1.807, 2.05) is 40.1 Å². The molecule has 0 spiro atoms. The Balaban J connectivity index is 1.54. The summed E-state index contributed by atoms with van der Waals surface area (Å²) in [5.74, 6) is 0. The van der Waals surface area contributed by atoms with Gasteiger partial charge < -0.3 is 4.31 Å². The second kappa shape index (κ2) is 7.41. The van der Waals surface area contributed by atoms with Gasteiger partial charge in [-0.25, -0.2) is 4.98 Å². The SMILES string of the molecule is N#Cc1ccc(N(Cc2ccc3ncsc3c2)SSN2C=C2C=O)cc1. The summed E-state index contributed by atoms with van der Waals surface area (Å²) >= 11 is 1.63. The molecule has 3 aromatic rings. The molecule has 8 heteroatoms. The van der Waals surface area contributed by atoms with E-state index in [0.717, 1.165) is 22.2 Å². The lowest BCUT2D eigenvalue weighted by Crippen LogP contribution is -2.13. The van der Waals surface area contributed by atoms with Crippen LogP contribution in [0.1, 0.15) is 11.1 Å². The van der Waals surface area contributed by atoms with Gasteiger partial charge in [0.2, 0.25) is 0 Å². The Hall–Kier alpha value is -2.47. The number of hydrogen-bond acceptors (Lipinski definition) is 8. The average Bonchev–Trinajstić information content (AvgIpc) is 3.30. The molecule has 0 atom stereocenters. The standard InChI is InChI=1S/C18H12N4OS3/c19-8-13-1-4-15(5-2-13)21(25-26-22-10-16(22)11-23)9-14-3-6-17-18(7-14)24-12-20-17/h1-7,10-12H,9H2. The van der Waals surface area contributed by atoms with E-state index in [2.05, 4.69) is 27.5 Å². The Morgan fingerprint density at radius 1 is 1.27 bits per heavy atom. The fourth-order valence-electron chi connectivity index (χ4n) is 2.34. The van der Waals surface area contributed by atoms with Crippen molar-refractivity contribution in [2.24, 2.45) is 0 Å². The van der Waals surface area contributed by atoms with Gasteiger partial charge in [-0.1, -0.05) is 6.07 Å². The topological polar surface area (TPSA) is 60.0 Å². The number of nitriles is 1. The first-order chi connectivity index (χ1) is 12.8. The van der Waals surface area contributed by atoms with Gasteiger partial charge in [0, 0.05) is 33.8 Å². The van der Waals surface area contributed by atoms with Crippen molar-refractivity contribution >= 4 is 55.5 Å². The second-order valence-corrected chi connectivity index (χ2v) is 8.41. The number of fused-ring (bicyclic) bond motifs is 1. The van der Waals surface area contributed by atoms with Gasteiger partial charge in [-0.3, -0.25) is 9.10 Å². The van der Waals surface area contributed by atoms with Crippen molar-refractivity contribution in [1.29, 1.82) is 5.26 Å². The molecule has 1 aromatic heterocycles. The van der Waals surface area contributed by atoms with Crippen LogP contribution in [-0.4, -0.2) is 15.6 Å². The summed E-state index contributed by atoms with van der Waals surface area (Å²) in [6, 6.07) is 15.9. The largest absolute Gasteiger partial charge is 0.301 e. The average molecular weight is 397 g/mol. The first-order valence-electron chi connectivity index (χ1n) is 7.67. The molecule has 4 rings (SSSR count). The predicted octanol–water partition coefficient (Wildman–Crippen LogP) is 4.74. The molecule has 0 bridgehead atoms. The van der Waals surface area contributed by atoms with Gasteiger partial charge in [-0.05, 0) is 42.0 Å². The van der Waals surface area contributed by atoms with E-state index in [4.69, 9.17) is 5.26 Å². The number of allylic oxidation sites excluding steroid dienone is 1. The number of rotatable bonds is 7. The maximum absolute atomic E-state index is 10.8. The first kappa shape index (κ1) is 17.0. The van der Waals surface area contributed by atoms with E-state index in [1.54, 1.807) is 28.5 Å². The molecule has 1 aliphatic rings. The maximum atomic E-state index is 10.8. The summed E-state index contributed by atoms with van der Waals surface area (Å²) in [5.41, 5.74) is 6.36. The van der Waals surface area contributed by atoms with Crippen molar-refractivity contribution in [3.05, 3.63) is 71.0 Å². The zero-order valence-corrected chi connectivity index (χ0v) is 15.9. The van der Waals surface area contributed by atoms with Crippen LogP contribution in [0, 0.1) is 11.3 Å².